The Morgan fingerprint density at radius 3 is 2.52 bits per heavy atom. The van der Waals surface area contributed by atoms with E-state index in [2.05, 4.69) is 32.9 Å². The predicted octanol–water partition coefficient (Wildman–Crippen LogP) is 5.06. The molecule has 0 saturated carbocycles. The second-order valence-corrected chi connectivity index (χ2v) is 7.01. The monoisotopic (exact) mass is 348 g/mol. The number of carboxylic acids is 1. The Morgan fingerprint density at radius 1 is 1.20 bits per heavy atom. The van der Waals surface area contributed by atoms with Crippen LogP contribution in [0.5, 0.6) is 0 Å². The van der Waals surface area contributed by atoms with Gasteiger partial charge in [-0.2, -0.15) is 0 Å². The van der Waals surface area contributed by atoms with Crippen LogP contribution >= 0.6 is 0 Å². The fourth-order valence-corrected chi connectivity index (χ4v) is 3.13. The van der Waals surface area contributed by atoms with Crippen LogP contribution in [-0.4, -0.2) is 23.7 Å². The first-order chi connectivity index (χ1) is 11.8. The summed E-state index contributed by atoms with van der Waals surface area (Å²) in [4.78, 5) is 23.5. The number of esters is 1. The van der Waals surface area contributed by atoms with Crippen molar-refractivity contribution in [2.45, 2.75) is 66.2 Å². The molecule has 0 aromatic rings. The molecule has 0 spiro atoms. The maximum atomic E-state index is 11.9. The molecular formula is C21H32O4. The number of ether oxygens (including phenoxy) is 1. The summed E-state index contributed by atoms with van der Waals surface area (Å²) in [5.74, 6) is -2.51. The van der Waals surface area contributed by atoms with Crippen LogP contribution in [0, 0.1) is 11.8 Å². The van der Waals surface area contributed by atoms with Crippen LogP contribution in [0.25, 0.3) is 0 Å². The molecule has 2 atom stereocenters. The molecule has 25 heavy (non-hydrogen) atoms. The van der Waals surface area contributed by atoms with E-state index in [1.165, 1.54) is 11.1 Å². The second-order valence-electron chi connectivity index (χ2n) is 7.01. The highest BCUT2D eigenvalue weighted by Crippen LogP contribution is 2.33. The lowest BCUT2D eigenvalue weighted by Gasteiger charge is -2.26. The molecule has 0 aromatic carbocycles. The van der Waals surface area contributed by atoms with E-state index in [-0.39, 0.29) is 12.6 Å². The molecule has 0 fully saturated rings. The number of hydrogen-bond donors (Lipinski definition) is 1. The van der Waals surface area contributed by atoms with Gasteiger partial charge in [0.25, 0.3) is 0 Å². The SMILES string of the molecule is CCOC(=O)C1CC=C(CCC=C(C)CCC=C(C)C)CC1C(=O)O. The van der Waals surface area contributed by atoms with E-state index in [0.29, 0.717) is 12.8 Å². The summed E-state index contributed by atoms with van der Waals surface area (Å²) in [7, 11) is 0. The second kappa shape index (κ2) is 10.9. The molecular weight excluding hydrogens is 316 g/mol. The summed E-state index contributed by atoms with van der Waals surface area (Å²) in [6.45, 7) is 8.39. The lowest BCUT2D eigenvalue weighted by molar-refractivity contribution is -0.157. The number of carbonyl (C=O) groups excluding carboxylic acids is 1. The summed E-state index contributed by atoms with van der Waals surface area (Å²) in [5, 5.41) is 9.45. The van der Waals surface area contributed by atoms with E-state index in [1.54, 1.807) is 6.92 Å². The number of carbonyl (C=O) groups is 2. The van der Waals surface area contributed by atoms with Crippen LogP contribution in [0.1, 0.15) is 66.2 Å². The molecule has 0 heterocycles. The number of carboxylic acid groups (broad SMARTS) is 1. The molecule has 0 aromatic heterocycles. The third-order valence-electron chi connectivity index (χ3n) is 4.58. The van der Waals surface area contributed by atoms with Crippen molar-refractivity contribution in [3.8, 4) is 0 Å². The van der Waals surface area contributed by atoms with Gasteiger partial charge in [-0.05, 0) is 66.2 Å². The average Bonchev–Trinajstić information content (AvgIpc) is 2.54. The molecule has 1 aliphatic rings. The molecule has 4 heteroatoms. The van der Waals surface area contributed by atoms with Gasteiger partial charge in [-0.3, -0.25) is 9.59 Å². The van der Waals surface area contributed by atoms with E-state index in [4.69, 9.17) is 4.74 Å². The molecule has 0 saturated heterocycles. The first-order valence-corrected chi connectivity index (χ1v) is 9.21. The van der Waals surface area contributed by atoms with Crippen molar-refractivity contribution in [1.29, 1.82) is 0 Å². The quantitative estimate of drug-likeness (QED) is 0.467. The lowest BCUT2D eigenvalue weighted by Crippen LogP contribution is -2.33. The maximum Gasteiger partial charge on any atom is 0.310 e. The molecule has 1 rings (SSSR count). The zero-order valence-electron chi connectivity index (χ0n) is 16.0. The third kappa shape index (κ3) is 7.72. The number of aliphatic carboxylic acids is 1. The van der Waals surface area contributed by atoms with Crippen molar-refractivity contribution < 1.29 is 19.4 Å². The van der Waals surface area contributed by atoms with Gasteiger partial charge in [0.2, 0.25) is 0 Å². The Balaban J connectivity index is 2.56. The van der Waals surface area contributed by atoms with Crippen molar-refractivity contribution in [3.05, 3.63) is 34.9 Å². The van der Waals surface area contributed by atoms with Gasteiger partial charge in [-0.25, -0.2) is 0 Å². The van der Waals surface area contributed by atoms with Gasteiger partial charge in [0, 0.05) is 0 Å². The largest absolute Gasteiger partial charge is 0.481 e. The van der Waals surface area contributed by atoms with Crippen molar-refractivity contribution >= 4 is 11.9 Å². The van der Waals surface area contributed by atoms with Crippen LogP contribution in [0.3, 0.4) is 0 Å². The van der Waals surface area contributed by atoms with Crippen molar-refractivity contribution in [2.24, 2.45) is 11.8 Å². The van der Waals surface area contributed by atoms with Crippen molar-refractivity contribution in [1.82, 2.24) is 0 Å². The van der Waals surface area contributed by atoms with E-state index in [9.17, 15) is 14.7 Å². The van der Waals surface area contributed by atoms with E-state index < -0.39 is 17.8 Å². The van der Waals surface area contributed by atoms with Gasteiger partial charge in [0.05, 0.1) is 18.4 Å². The Kier molecular flexibility index (Phi) is 9.25. The maximum absolute atomic E-state index is 11.9. The van der Waals surface area contributed by atoms with Crippen LogP contribution < -0.4 is 0 Å². The number of rotatable bonds is 9. The van der Waals surface area contributed by atoms with Gasteiger partial charge < -0.3 is 9.84 Å². The van der Waals surface area contributed by atoms with Gasteiger partial charge >= 0.3 is 11.9 Å². The smallest absolute Gasteiger partial charge is 0.310 e. The summed E-state index contributed by atoms with van der Waals surface area (Å²) >= 11 is 0. The number of allylic oxidation sites excluding steroid dienone is 6. The molecule has 140 valence electrons. The Hall–Kier alpha value is -1.84. The molecule has 4 nitrogen and oxygen atoms in total. The van der Waals surface area contributed by atoms with E-state index >= 15 is 0 Å². The minimum absolute atomic E-state index is 0.287. The molecule has 0 aliphatic heterocycles. The third-order valence-corrected chi connectivity index (χ3v) is 4.58. The first kappa shape index (κ1) is 21.2. The molecule has 0 bridgehead atoms. The van der Waals surface area contributed by atoms with Crippen LogP contribution in [0.15, 0.2) is 34.9 Å². The molecule has 1 N–H and O–H groups in total. The standard InChI is InChI=1S/C21H32O4/c1-5-25-21(24)18-13-12-17(14-19(18)20(22)23)11-7-10-16(4)9-6-8-15(2)3/h8,10,12,18-19H,5-7,9,11,13-14H2,1-4H3,(H,22,23). The summed E-state index contributed by atoms with van der Waals surface area (Å²) < 4.78 is 5.02. The summed E-state index contributed by atoms with van der Waals surface area (Å²) in [6, 6.07) is 0. The zero-order chi connectivity index (χ0) is 18.8. The van der Waals surface area contributed by atoms with Crippen LogP contribution in [0.2, 0.25) is 0 Å². The predicted molar refractivity (Wildman–Crippen MR) is 100 cm³/mol. The van der Waals surface area contributed by atoms with Crippen LogP contribution in [0.4, 0.5) is 0 Å². The molecule has 2 unspecified atom stereocenters. The highest BCUT2D eigenvalue weighted by Gasteiger charge is 2.36. The molecule has 0 amide bonds. The van der Waals surface area contributed by atoms with Gasteiger partial charge in [0.15, 0.2) is 0 Å². The fraction of sp³-hybridized carbons (Fsp3) is 0.619. The lowest BCUT2D eigenvalue weighted by atomic mass is 9.78. The van der Waals surface area contributed by atoms with Gasteiger partial charge in [-0.1, -0.05) is 34.9 Å². The highest BCUT2D eigenvalue weighted by atomic mass is 16.5. The Labute approximate surface area is 151 Å². The summed E-state index contributed by atoms with van der Waals surface area (Å²) in [6.07, 6.45) is 11.3. The fourth-order valence-electron chi connectivity index (χ4n) is 3.13. The zero-order valence-corrected chi connectivity index (χ0v) is 16.0. The Morgan fingerprint density at radius 2 is 1.92 bits per heavy atom. The Bertz CT molecular complexity index is 550. The van der Waals surface area contributed by atoms with E-state index in [0.717, 1.165) is 31.3 Å². The normalized spacial score (nSPS) is 20.6. The van der Waals surface area contributed by atoms with Gasteiger partial charge in [-0.15, -0.1) is 0 Å². The summed E-state index contributed by atoms with van der Waals surface area (Å²) in [5.41, 5.74) is 3.85. The molecule has 0 radical (unpaired) electrons. The molecule has 1 aliphatic carbocycles. The van der Waals surface area contributed by atoms with Crippen molar-refractivity contribution in [2.75, 3.05) is 6.61 Å². The minimum Gasteiger partial charge on any atom is -0.481 e. The highest BCUT2D eigenvalue weighted by molar-refractivity contribution is 5.82. The topological polar surface area (TPSA) is 63.6 Å². The number of hydrogen-bond acceptors (Lipinski definition) is 3. The average molecular weight is 348 g/mol. The first-order valence-electron chi connectivity index (χ1n) is 9.21. The van der Waals surface area contributed by atoms with Crippen LogP contribution in [-0.2, 0) is 14.3 Å². The van der Waals surface area contributed by atoms with Gasteiger partial charge in [0.1, 0.15) is 0 Å². The van der Waals surface area contributed by atoms with E-state index in [1.807, 2.05) is 6.08 Å². The van der Waals surface area contributed by atoms with Crippen molar-refractivity contribution in [3.63, 3.8) is 0 Å². The minimum atomic E-state index is -0.905.